The highest BCUT2D eigenvalue weighted by Gasteiger charge is 2.23. The van der Waals surface area contributed by atoms with E-state index in [1.165, 1.54) is 18.4 Å². The van der Waals surface area contributed by atoms with Gasteiger partial charge in [0.25, 0.3) is 0 Å². The molecule has 0 aliphatic rings. The minimum atomic E-state index is -0.413. The Labute approximate surface area is 211 Å². The topological polar surface area (TPSA) is 59.8 Å². The summed E-state index contributed by atoms with van der Waals surface area (Å²) < 4.78 is 0. The second-order valence-corrected chi connectivity index (χ2v) is 9.16. The van der Waals surface area contributed by atoms with Crippen molar-refractivity contribution in [2.75, 3.05) is 5.32 Å². The Morgan fingerprint density at radius 3 is 2.00 bits per heavy atom. The van der Waals surface area contributed by atoms with Crippen molar-refractivity contribution in [2.45, 2.75) is 39.0 Å². The maximum Gasteiger partial charge on any atom is 0.236 e. The van der Waals surface area contributed by atoms with Gasteiger partial charge in [0.2, 0.25) is 5.91 Å². The Balaban J connectivity index is 1.42. The van der Waals surface area contributed by atoms with E-state index in [4.69, 9.17) is 5.10 Å². The number of aryl methyl sites for hydroxylation is 2. The lowest BCUT2D eigenvalue weighted by atomic mass is 9.90. The van der Waals surface area contributed by atoms with Gasteiger partial charge in [-0.15, -0.1) is 10.2 Å². The van der Waals surface area contributed by atoms with E-state index in [0.717, 1.165) is 45.5 Å². The van der Waals surface area contributed by atoms with Gasteiger partial charge < -0.3 is 5.32 Å². The molecule has 0 unspecified atom stereocenters. The molecular formula is C31H30N4O. The third kappa shape index (κ3) is 5.05. The number of fused-ring (bicyclic) bond motifs is 1. The standard InChI is InChI=1S/C31H30N4O/c1-3-4-11-23-16-18-26(19-17-23)35-33-28-20-22(2)27(21-29(28)34-35)32-31(36)30(24-12-7-5-8-13-24)25-14-9-6-10-15-25/h5-10,12-21,30H,3-4,11H2,1-2H3,(H,32,36). The number of benzene rings is 4. The first-order valence-electron chi connectivity index (χ1n) is 12.5. The maximum absolute atomic E-state index is 13.6. The Kier molecular flexibility index (Phi) is 6.89. The van der Waals surface area contributed by atoms with Gasteiger partial charge in [0, 0.05) is 5.69 Å². The van der Waals surface area contributed by atoms with Crippen molar-refractivity contribution in [2.24, 2.45) is 0 Å². The number of hydrogen-bond acceptors (Lipinski definition) is 3. The fourth-order valence-electron chi connectivity index (χ4n) is 4.49. The Hall–Kier alpha value is -4.25. The van der Waals surface area contributed by atoms with Crippen molar-refractivity contribution >= 4 is 22.6 Å². The lowest BCUT2D eigenvalue weighted by Gasteiger charge is -2.18. The fraction of sp³-hybridized carbons (Fsp3) is 0.194. The molecule has 0 radical (unpaired) electrons. The van der Waals surface area contributed by atoms with E-state index in [1.807, 2.05) is 79.7 Å². The zero-order chi connectivity index (χ0) is 24.9. The van der Waals surface area contributed by atoms with E-state index in [-0.39, 0.29) is 5.91 Å². The van der Waals surface area contributed by atoms with Crippen LogP contribution >= 0.6 is 0 Å². The fourth-order valence-corrected chi connectivity index (χ4v) is 4.49. The molecule has 0 bridgehead atoms. The molecular weight excluding hydrogens is 444 g/mol. The Bertz CT molecular complexity index is 1420. The smallest absolute Gasteiger partial charge is 0.236 e. The van der Waals surface area contributed by atoms with Gasteiger partial charge in [0.1, 0.15) is 11.0 Å². The number of nitrogens with one attached hydrogen (secondary N) is 1. The average molecular weight is 475 g/mol. The molecule has 180 valence electrons. The summed E-state index contributed by atoms with van der Waals surface area (Å²) in [7, 11) is 0. The molecule has 0 aliphatic heterocycles. The van der Waals surface area contributed by atoms with Gasteiger partial charge in [-0.2, -0.15) is 4.80 Å². The summed E-state index contributed by atoms with van der Waals surface area (Å²) in [4.78, 5) is 15.2. The molecule has 0 saturated carbocycles. The molecule has 5 aromatic rings. The van der Waals surface area contributed by atoms with Crippen LogP contribution in [-0.4, -0.2) is 20.9 Å². The number of nitrogens with zero attached hydrogens (tertiary/aromatic N) is 3. The molecule has 1 aromatic heterocycles. The first kappa shape index (κ1) is 23.5. The lowest BCUT2D eigenvalue weighted by Crippen LogP contribution is -2.22. The van der Waals surface area contributed by atoms with Gasteiger partial charge in [-0.05, 0) is 66.3 Å². The minimum absolute atomic E-state index is 0.0788. The van der Waals surface area contributed by atoms with E-state index in [9.17, 15) is 4.79 Å². The second-order valence-electron chi connectivity index (χ2n) is 9.16. The monoisotopic (exact) mass is 474 g/mol. The highest BCUT2D eigenvalue weighted by molar-refractivity contribution is 6.00. The van der Waals surface area contributed by atoms with E-state index in [0.29, 0.717) is 0 Å². The predicted molar refractivity (Wildman–Crippen MR) is 146 cm³/mol. The molecule has 5 heteroatoms. The van der Waals surface area contributed by atoms with Crippen LogP contribution in [-0.2, 0) is 11.2 Å². The van der Waals surface area contributed by atoms with Crippen LogP contribution < -0.4 is 5.32 Å². The lowest BCUT2D eigenvalue weighted by molar-refractivity contribution is -0.116. The molecule has 0 spiro atoms. The number of amides is 1. The number of carbonyl (C=O) groups excluding carboxylic acids is 1. The SMILES string of the molecule is CCCCc1ccc(-n2nc3cc(C)c(NC(=O)C(c4ccccc4)c4ccccc4)cc3n2)cc1. The third-order valence-electron chi connectivity index (χ3n) is 6.50. The number of carbonyl (C=O) groups is 1. The minimum Gasteiger partial charge on any atom is -0.325 e. The molecule has 5 nitrogen and oxygen atoms in total. The molecule has 1 amide bonds. The van der Waals surface area contributed by atoms with E-state index in [2.05, 4.69) is 41.6 Å². The summed E-state index contributed by atoms with van der Waals surface area (Å²) in [6.07, 6.45) is 3.45. The summed E-state index contributed by atoms with van der Waals surface area (Å²) >= 11 is 0. The number of aromatic nitrogens is 3. The van der Waals surface area contributed by atoms with E-state index in [1.54, 1.807) is 4.80 Å². The Morgan fingerprint density at radius 1 is 0.833 bits per heavy atom. The molecule has 1 heterocycles. The summed E-state index contributed by atoms with van der Waals surface area (Å²) in [6.45, 7) is 4.19. The zero-order valence-electron chi connectivity index (χ0n) is 20.7. The van der Waals surface area contributed by atoms with Crippen LogP contribution in [0.4, 0.5) is 5.69 Å². The van der Waals surface area contributed by atoms with E-state index < -0.39 is 5.92 Å². The van der Waals surface area contributed by atoms with Crippen molar-refractivity contribution < 1.29 is 4.79 Å². The zero-order valence-corrected chi connectivity index (χ0v) is 20.7. The highest BCUT2D eigenvalue weighted by Crippen LogP contribution is 2.28. The van der Waals surface area contributed by atoms with Crippen LogP contribution in [0.2, 0.25) is 0 Å². The molecule has 0 fully saturated rings. The van der Waals surface area contributed by atoms with Gasteiger partial charge >= 0.3 is 0 Å². The van der Waals surface area contributed by atoms with Crippen molar-refractivity contribution in [1.29, 1.82) is 0 Å². The van der Waals surface area contributed by atoms with Gasteiger partial charge in [0.05, 0.1) is 11.6 Å². The normalized spacial score (nSPS) is 11.2. The van der Waals surface area contributed by atoms with Gasteiger partial charge in [-0.1, -0.05) is 86.1 Å². The van der Waals surface area contributed by atoms with Gasteiger partial charge in [0.15, 0.2) is 0 Å². The Morgan fingerprint density at radius 2 is 1.42 bits per heavy atom. The van der Waals surface area contributed by atoms with Crippen LogP contribution in [0.25, 0.3) is 16.7 Å². The van der Waals surface area contributed by atoms with E-state index >= 15 is 0 Å². The molecule has 0 saturated heterocycles. The van der Waals surface area contributed by atoms with Crippen molar-refractivity contribution in [1.82, 2.24) is 15.0 Å². The quantitative estimate of drug-likeness (QED) is 0.268. The van der Waals surface area contributed by atoms with Crippen molar-refractivity contribution in [3.8, 4) is 5.69 Å². The molecule has 0 aliphatic carbocycles. The first-order chi connectivity index (χ1) is 17.6. The molecule has 1 N–H and O–H groups in total. The largest absolute Gasteiger partial charge is 0.325 e. The van der Waals surface area contributed by atoms with Crippen LogP contribution in [0.3, 0.4) is 0 Å². The van der Waals surface area contributed by atoms with Crippen LogP contribution in [0.1, 0.15) is 47.9 Å². The number of unbranched alkanes of at least 4 members (excludes halogenated alkanes) is 1. The summed E-state index contributed by atoms with van der Waals surface area (Å²) in [5.74, 6) is -0.491. The maximum atomic E-state index is 13.6. The molecule has 5 rings (SSSR count). The summed E-state index contributed by atoms with van der Waals surface area (Å²) in [6, 6.07) is 32.0. The number of anilines is 1. The highest BCUT2D eigenvalue weighted by atomic mass is 16.1. The predicted octanol–water partition coefficient (Wildman–Crippen LogP) is 6.84. The third-order valence-corrected chi connectivity index (χ3v) is 6.50. The number of rotatable bonds is 8. The summed E-state index contributed by atoms with van der Waals surface area (Å²) in [5, 5.41) is 12.5. The van der Waals surface area contributed by atoms with Crippen molar-refractivity contribution in [3.05, 3.63) is 119 Å². The summed E-state index contributed by atoms with van der Waals surface area (Å²) in [5.41, 5.74) is 7.36. The van der Waals surface area contributed by atoms with Crippen LogP contribution in [0, 0.1) is 6.92 Å². The molecule has 36 heavy (non-hydrogen) atoms. The van der Waals surface area contributed by atoms with Crippen LogP contribution in [0.15, 0.2) is 97.1 Å². The second kappa shape index (κ2) is 10.6. The van der Waals surface area contributed by atoms with Crippen molar-refractivity contribution in [3.63, 3.8) is 0 Å². The van der Waals surface area contributed by atoms with Gasteiger partial charge in [-0.25, -0.2) is 0 Å². The molecule has 0 atom stereocenters. The molecule has 4 aromatic carbocycles. The van der Waals surface area contributed by atoms with Gasteiger partial charge in [-0.3, -0.25) is 4.79 Å². The average Bonchev–Trinajstić information content (AvgIpc) is 3.32. The number of hydrogen-bond donors (Lipinski definition) is 1. The van der Waals surface area contributed by atoms with Crippen LogP contribution in [0.5, 0.6) is 0 Å². The first-order valence-corrected chi connectivity index (χ1v) is 12.5.